The molecule has 0 fully saturated rings. The van der Waals surface area contributed by atoms with Crippen molar-refractivity contribution in [1.82, 2.24) is 9.97 Å². The molecule has 3 rings (SSSR count). The molecule has 1 amide bonds. The summed E-state index contributed by atoms with van der Waals surface area (Å²) in [7, 11) is 0. The van der Waals surface area contributed by atoms with E-state index >= 15 is 0 Å². The molecule has 1 aromatic carbocycles. The van der Waals surface area contributed by atoms with Crippen LogP contribution in [0.1, 0.15) is 36.0 Å². The van der Waals surface area contributed by atoms with Gasteiger partial charge in [0.15, 0.2) is 5.78 Å². The Bertz CT molecular complexity index is 951. The summed E-state index contributed by atoms with van der Waals surface area (Å²) in [5, 5.41) is 4.39. The van der Waals surface area contributed by atoms with Crippen LogP contribution in [-0.2, 0) is 11.2 Å². The van der Waals surface area contributed by atoms with Gasteiger partial charge in [0.1, 0.15) is 16.2 Å². The van der Waals surface area contributed by atoms with Crippen LogP contribution in [-0.4, -0.2) is 26.9 Å². The number of nitrogens with zero attached hydrogens (tertiary/aromatic N) is 2. The first-order valence-corrected chi connectivity index (χ1v) is 9.99. The van der Waals surface area contributed by atoms with Gasteiger partial charge in [-0.3, -0.25) is 9.59 Å². The van der Waals surface area contributed by atoms with E-state index in [9.17, 15) is 9.59 Å². The first-order valence-electron chi connectivity index (χ1n) is 8.30. The number of thioether (sulfide) groups is 1. The van der Waals surface area contributed by atoms with Gasteiger partial charge in [-0.25, -0.2) is 9.97 Å². The average molecular weight is 386 g/mol. The van der Waals surface area contributed by atoms with E-state index in [0.717, 1.165) is 21.7 Å². The molecule has 1 N–H and O–H groups in total. The molecule has 2 aromatic heterocycles. The number of carbonyl (C=O) groups is 2. The maximum absolute atomic E-state index is 12.5. The molecule has 0 aliphatic carbocycles. The first-order chi connectivity index (χ1) is 12.5. The van der Waals surface area contributed by atoms with Crippen LogP contribution in [0.2, 0.25) is 0 Å². The number of carbonyl (C=O) groups excluding carboxylic acids is 2. The number of benzene rings is 1. The number of aromatic nitrogens is 2. The summed E-state index contributed by atoms with van der Waals surface area (Å²) in [5.41, 5.74) is 1.29. The predicted molar refractivity (Wildman–Crippen MR) is 107 cm³/mol. The molecule has 134 valence electrons. The molecular formula is C19H19N3O2S2. The molecule has 0 saturated carbocycles. The Balaban J connectivity index is 1.71. The minimum atomic E-state index is -0.314. The van der Waals surface area contributed by atoms with Crippen LogP contribution in [0.3, 0.4) is 0 Å². The second-order valence-corrected chi connectivity index (χ2v) is 8.29. The van der Waals surface area contributed by atoms with E-state index in [1.54, 1.807) is 41.9 Å². The Labute approximate surface area is 160 Å². The van der Waals surface area contributed by atoms with Crippen molar-refractivity contribution in [3.63, 3.8) is 0 Å². The standard InChI is InChI=1S/C19H19N3O2S2/c1-4-15-9-16-18(20-10-21-19(16)26-15)25-12(3)17(24)22-14-7-5-13(6-8-14)11(2)23/h5-10,12H,4H2,1-3H3,(H,22,24). The molecule has 26 heavy (non-hydrogen) atoms. The Morgan fingerprint density at radius 1 is 1.23 bits per heavy atom. The number of hydrogen-bond donors (Lipinski definition) is 1. The third-order valence-electron chi connectivity index (χ3n) is 3.91. The lowest BCUT2D eigenvalue weighted by Gasteiger charge is -2.12. The Morgan fingerprint density at radius 2 is 1.96 bits per heavy atom. The normalized spacial score (nSPS) is 12.1. The smallest absolute Gasteiger partial charge is 0.237 e. The van der Waals surface area contributed by atoms with Gasteiger partial charge in [-0.1, -0.05) is 18.7 Å². The molecule has 5 nitrogen and oxygen atoms in total. The highest BCUT2D eigenvalue weighted by molar-refractivity contribution is 8.00. The fourth-order valence-corrected chi connectivity index (χ4v) is 4.30. The van der Waals surface area contributed by atoms with E-state index in [1.165, 1.54) is 23.6 Å². The van der Waals surface area contributed by atoms with Crippen molar-refractivity contribution in [3.8, 4) is 0 Å². The maximum Gasteiger partial charge on any atom is 0.237 e. The molecular weight excluding hydrogens is 366 g/mol. The minimum Gasteiger partial charge on any atom is -0.325 e. The zero-order valence-electron chi connectivity index (χ0n) is 14.8. The topological polar surface area (TPSA) is 72.0 Å². The number of thiophene rings is 1. The summed E-state index contributed by atoms with van der Waals surface area (Å²) in [6.45, 7) is 5.48. The Morgan fingerprint density at radius 3 is 2.62 bits per heavy atom. The monoisotopic (exact) mass is 385 g/mol. The van der Waals surface area contributed by atoms with Gasteiger partial charge in [0.2, 0.25) is 5.91 Å². The van der Waals surface area contributed by atoms with Crippen molar-refractivity contribution in [2.75, 3.05) is 5.32 Å². The van der Waals surface area contributed by atoms with E-state index in [-0.39, 0.29) is 16.9 Å². The molecule has 0 saturated heterocycles. The number of hydrogen-bond acceptors (Lipinski definition) is 6. The molecule has 7 heteroatoms. The number of anilines is 1. The van der Waals surface area contributed by atoms with E-state index in [1.807, 2.05) is 6.92 Å². The second kappa shape index (κ2) is 7.97. The van der Waals surface area contributed by atoms with Gasteiger partial charge in [0.05, 0.1) is 5.25 Å². The number of amides is 1. The third kappa shape index (κ3) is 4.11. The molecule has 0 radical (unpaired) electrons. The van der Waals surface area contributed by atoms with Gasteiger partial charge in [-0.05, 0) is 50.6 Å². The maximum atomic E-state index is 12.5. The lowest BCUT2D eigenvalue weighted by Crippen LogP contribution is -2.22. The van der Waals surface area contributed by atoms with Crippen molar-refractivity contribution in [2.45, 2.75) is 37.5 Å². The van der Waals surface area contributed by atoms with E-state index in [4.69, 9.17) is 0 Å². The lowest BCUT2D eigenvalue weighted by atomic mass is 10.1. The molecule has 0 spiro atoms. The predicted octanol–water partition coefficient (Wildman–Crippen LogP) is 4.58. The summed E-state index contributed by atoms with van der Waals surface area (Å²) in [4.78, 5) is 34.7. The summed E-state index contributed by atoms with van der Waals surface area (Å²) >= 11 is 3.08. The lowest BCUT2D eigenvalue weighted by molar-refractivity contribution is -0.115. The van der Waals surface area contributed by atoms with Crippen molar-refractivity contribution in [3.05, 3.63) is 47.1 Å². The van der Waals surface area contributed by atoms with Gasteiger partial charge >= 0.3 is 0 Å². The fourth-order valence-electron chi connectivity index (χ4n) is 2.41. The number of ketones is 1. The zero-order chi connectivity index (χ0) is 18.7. The molecule has 0 aliphatic rings. The van der Waals surface area contributed by atoms with Gasteiger partial charge in [-0.15, -0.1) is 11.3 Å². The summed E-state index contributed by atoms with van der Waals surface area (Å²) < 4.78 is 0. The highest BCUT2D eigenvalue weighted by Crippen LogP contribution is 2.33. The van der Waals surface area contributed by atoms with Crippen LogP contribution in [0.15, 0.2) is 41.7 Å². The van der Waals surface area contributed by atoms with Crippen LogP contribution >= 0.6 is 23.1 Å². The number of fused-ring (bicyclic) bond motifs is 1. The second-order valence-electron chi connectivity index (χ2n) is 5.85. The van der Waals surface area contributed by atoms with Crippen LogP contribution in [0.5, 0.6) is 0 Å². The van der Waals surface area contributed by atoms with E-state index in [2.05, 4.69) is 28.3 Å². The quantitative estimate of drug-likeness (QED) is 0.382. The van der Waals surface area contributed by atoms with E-state index in [0.29, 0.717) is 11.3 Å². The highest BCUT2D eigenvalue weighted by atomic mass is 32.2. The Hall–Kier alpha value is -2.25. The van der Waals surface area contributed by atoms with E-state index < -0.39 is 0 Å². The van der Waals surface area contributed by atoms with Crippen molar-refractivity contribution in [2.24, 2.45) is 0 Å². The van der Waals surface area contributed by atoms with Crippen molar-refractivity contribution < 1.29 is 9.59 Å². The molecule has 0 bridgehead atoms. The van der Waals surface area contributed by atoms with Gasteiger partial charge in [-0.2, -0.15) is 0 Å². The van der Waals surface area contributed by atoms with Crippen LogP contribution in [0, 0.1) is 0 Å². The number of aryl methyl sites for hydroxylation is 1. The minimum absolute atomic E-state index is 0.00166. The average Bonchev–Trinajstić information content (AvgIpc) is 3.06. The van der Waals surface area contributed by atoms with Gasteiger partial charge in [0.25, 0.3) is 0 Å². The number of nitrogens with one attached hydrogen (secondary N) is 1. The fraction of sp³-hybridized carbons (Fsp3) is 0.263. The summed E-state index contributed by atoms with van der Waals surface area (Å²) in [6.07, 6.45) is 2.50. The third-order valence-corrected chi connectivity index (χ3v) is 6.21. The van der Waals surface area contributed by atoms with Gasteiger partial charge in [0, 0.05) is 21.5 Å². The molecule has 1 unspecified atom stereocenters. The Kier molecular flexibility index (Phi) is 5.68. The summed E-state index contributed by atoms with van der Waals surface area (Å²) in [6, 6.07) is 9.00. The van der Waals surface area contributed by atoms with Crippen LogP contribution in [0.4, 0.5) is 5.69 Å². The molecule has 0 aliphatic heterocycles. The van der Waals surface area contributed by atoms with Crippen molar-refractivity contribution >= 4 is 50.7 Å². The number of rotatable bonds is 6. The first kappa shape index (κ1) is 18.5. The van der Waals surface area contributed by atoms with Crippen molar-refractivity contribution in [1.29, 1.82) is 0 Å². The molecule has 1 atom stereocenters. The molecule has 3 aromatic rings. The summed E-state index contributed by atoms with van der Waals surface area (Å²) in [5.74, 6) is -0.106. The van der Waals surface area contributed by atoms with Gasteiger partial charge < -0.3 is 5.32 Å². The van der Waals surface area contributed by atoms with Crippen LogP contribution < -0.4 is 5.32 Å². The largest absolute Gasteiger partial charge is 0.325 e. The molecule has 2 heterocycles. The van der Waals surface area contributed by atoms with Crippen LogP contribution in [0.25, 0.3) is 10.2 Å². The highest BCUT2D eigenvalue weighted by Gasteiger charge is 2.18. The SMILES string of the molecule is CCc1cc2c(SC(C)C(=O)Nc3ccc(C(C)=O)cc3)ncnc2s1. The number of Topliss-reactive ketones (excluding diaryl/α,β-unsaturated/α-hetero) is 1. The zero-order valence-corrected chi connectivity index (χ0v) is 16.4.